The second-order valence-corrected chi connectivity index (χ2v) is 10.2. The van der Waals surface area contributed by atoms with Gasteiger partial charge in [-0.05, 0) is 59.3 Å². The summed E-state index contributed by atoms with van der Waals surface area (Å²) < 4.78 is 5.31. The van der Waals surface area contributed by atoms with E-state index in [0.29, 0.717) is 18.9 Å². The fourth-order valence-corrected chi connectivity index (χ4v) is 2.94. The van der Waals surface area contributed by atoms with Crippen LogP contribution in [0.3, 0.4) is 0 Å². The first-order valence-corrected chi connectivity index (χ1v) is 10.7. The van der Waals surface area contributed by atoms with E-state index in [1.807, 2.05) is 27.7 Å². The average Bonchev–Trinajstić information content (AvgIpc) is 2.53. The molecule has 0 aliphatic rings. The summed E-state index contributed by atoms with van der Waals surface area (Å²) >= 11 is 0. The summed E-state index contributed by atoms with van der Waals surface area (Å²) in [5.74, 6) is -0.563. The Kier molecular flexibility index (Phi) is 11.2. The molecule has 0 fully saturated rings. The van der Waals surface area contributed by atoms with Crippen molar-refractivity contribution in [3.05, 3.63) is 0 Å². The van der Waals surface area contributed by atoms with E-state index < -0.39 is 35.4 Å². The molecule has 0 rings (SSSR count). The quantitative estimate of drug-likeness (QED) is 0.414. The minimum Gasteiger partial charge on any atom is -0.444 e. The Labute approximate surface area is 177 Å². The lowest BCUT2D eigenvalue weighted by Gasteiger charge is -2.33. The monoisotopic (exact) mass is 416 g/mol. The molecule has 7 heteroatoms. The van der Waals surface area contributed by atoms with Gasteiger partial charge >= 0.3 is 6.09 Å². The fourth-order valence-electron chi connectivity index (χ4n) is 2.94. The number of aliphatic hydroxyl groups is 2. The topological polar surface area (TPSA) is 108 Å². The maximum absolute atomic E-state index is 12.7. The first-order chi connectivity index (χ1) is 13.1. The zero-order valence-corrected chi connectivity index (χ0v) is 19.8. The molecule has 0 aromatic rings. The molecule has 1 unspecified atom stereocenters. The van der Waals surface area contributed by atoms with E-state index in [1.54, 1.807) is 34.6 Å². The van der Waals surface area contributed by atoms with Crippen LogP contribution in [-0.4, -0.2) is 52.1 Å². The van der Waals surface area contributed by atoms with Gasteiger partial charge in [0.25, 0.3) is 0 Å². The number of hydrogen-bond donors (Lipinski definition) is 4. The van der Waals surface area contributed by atoms with Gasteiger partial charge in [0.2, 0.25) is 5.91 Å². The Morgan fingerprint density at radius 2 is 1.59 bits per heavy atom. The lowest BCUT2D eigenvalue weighted by atomic mass is 9.82. The fraction of sp³-hybridized carbons (Fsp3) is 0.909. The van der Waals surface area contributed by atoms with Crippen LogP contribution in [0.2, 0.25) is 0 Å². The summed E-state index contributed by atoms with van der Waals surface area (Å²) in [6, 6.07) is -0.586. The van der Waals surface area contributed by atoms with E-state index in [9.17, 15) is 19.8 Å². The van der Waals surface area contributed by atoms with E-state index in [0.717, 1.165) is 6.42 Å². The minimum absolute atomic E-state index is 0.0308. The molecule has 4 N–H and O–H groups in total. The van der Waals surface area contributed by atoms with Gasteiger partial charge in [-0.3, -0.25) is 4.79 Å². The SMILES string of the molecule is CCC(C)CNC(=O)[C@@H](C[C@H](O)[C@H](CC(C)C)NC(=O)OC(C)(C)C)C(C)(C)O. The number of alkyl carbamates (subject to hydrolysis) is 1. The molecular weight excluding hydrogens is 372 g/mol. The van der Waals surface area contributed by atoms with Crippen molar-refractivity contribution < 1.29 is 24.5 Å². The Morgan fingerprint density at radius 3 is 2.00 bits per heavy atom. The summed E-state index contributed by atoms with van der Waals surface area (Å²) in [5, 5.41) is 27.0. The molecule has 0 heterocycles. The van der Waals surface area contributed by atoms with Crippen LogP contribution in [0.15, 0.2) is 0 Å². The highest BCUT2D eigenvalue weighted by molar-refractivity contribution is 5.79. The van der Waals surface area contributed by atoms with Gasteiger partial charge in [-0.1, -0.05) is 34.1 Å². The van der Waals surface area contributed by atoms with Gasteiger partial charge in [-0.2, -0.15) is 0 Å². The van der Waals surface area contributed by atoms with Crippen LogP contribution in [0.25, 0.3) is 0 Å². The van der Waals surface area contributed by atoms with Gasteiger partial charge in [0.15, 0.2) is 0 Å². The highest BCUT2D eigenvalue weighted by Gasteiger charge is 2.37. The van der Waals surface area contributed by atoms with Gasteiger partial charge in [-0.25, -0.2) is 4.79 Å². The second kappa shape index (κ2) is 11.7. The number of carbonyl (C=O) groups excluding carboxylic acids is 2. The van der Waals surface area contributed by atoms with Crippen molar-refractivity contribution in [2.75, 3.05) is 6.54 Å². The van der Waals surface area contributed by atoms with Crippen molar-refractivity contribution in [1.82, 2.24) is 10.6 Å². The molecule has 0 saturated carbocycles. The Bertz CT molecular complexity index is 508. The summed E-state index contributed by atoms with van der Waals surface area (Å²) in [6.07, 6.45) is -0.123. The van der Waals surface area contributed by atoms with Crippen LogP contribution in [0, 0.1) is 17.8 Å². The average molecular weight is 417 g/mol. The Balaban J connectivity index is 5.27. The molecule has 0 radical (unpaired) electrons. The number of carbonyl (C=O) groups is 2. The van der Waals surface area contributed by atoms with Crippen molar-refractivity contribution in [2.45, 2.75) is 105 Å². The molecule has 0 spiro atoms. The predicted octanol–water partition coefficient (Wildman–Crippen LogP) is 3.23. The van der Waals surface area contributed by atoms with Crippen molar-refractivity contribution in [1.29, 1.82) is 0 Å². The third kappa shape index (κ3) is 12.1. The Hall–Kier alpha value is -1.34. The van der Waals surface area contributed by atoms with Gasteiger partial charge in [-0.15, -0.1) is 0 Å². The number of ether oxygens (including phenoxy) is 1. The molecule has 0 bridgehead atoms. The zero-order valence-electron chi connectivity index (χ0n) is 19.8. The predicted molar refractivity (Wildman–Crippen MR) is 115 cm³/mol. The number of hydrogen-bond acceptors (Lipinski definition) is 5. The smallest absolute Gasteiger partial charge is 0.407 e. The molecule has 0 aliphatic heterocycles. The van der Waals surface area contributed by atoms with Crippen molar-refractivity contribution in [3.63, 3.8) is 0 Å². The van der Waals surface area contributed by atoms with Crippen molar-refractivity contribution in [3.8, 4) is 0 Å². The number of rotatable bonds is 11. The lowest BCUT2D eigenvalue weighted by Crippen LogP contribution is -2.51. The number of nitrogens with one attached hydrogen (secondary N) is 2. The molecule has 0 saturated heterocycles. The normalized spacial score (nSPS) is 16.7. The molecule has 29 heavy (non-hydrogen) atoms. The highest BCUT2D eigenvalue weighted by Crippen LogP contribution is 2.25. The first kappa shape index (κ1) is 27.7. The molecule has 0 aromatic carbocycles. The number of aliphatic hydroxyl groups excluding tert-OH is 1. The van der Waals surface area contributed by atoms with Gasteiger partial charge in [0.1, 0.15) is 5.60 Å². The van der Waals surface area contributed by atoms with Crippen molar-refractivity contribution >= 4 is 12.0 Å². The zero-order chi connectivity index (χ0) is 23.0. The maximum atomic E-state index is 12.7. The second-order valence-electron chi connectivity index (χ2n) is 10.2. The molecule has 0 aliphatic carbocycles. The highest BCUT2D eigenvalue weighted by atomic mass is 16.6. The van der Waals surface area contributed by atoms with E-state index >= 15 is 0 Å². The standard InChI is InChI=1S/C22H44N2O5/c1-10-15(4)13-23-19(26)16(22(8,9)28)12-18(25)17(11-14(2)3)24-20(27)29-21(5,6)7/h14-18,25,28H,10-13H2,1-9H3,(H,23,26)(H,24,27)/t15?,16-,17+,18+/m1/s1. The van der Waals surface area contributed by atoms with Crippen LogP contribution >= 0.6 is 0 Å². The number of amides is 2. The van der Waals surface area contributed by atoms with Gasteiger partial charge in [0.05, 0.1) is 23.7 Å². The van der Waals surface area contributed by atoms with E-state index in [4.69, 9.17) is 4.74 Å². The largest absolute Gasteiger partial charge is 0.444 e. The molecule has 172 valence electrons. The third-order valence-corrected chi connectivity index (χ3v) is 4.86. The summed E-state index contributed by atoms with van der Waals surface area (Å²) in [7, 11) is 0. The summed E-state index contributed by atoms with van der Waals surface area (Å²) in [5.41, 5.74) is -1.96. The molecule has 4 atom stereocenters. The van der Waals surface area contributed by atoms with E-state index in [2.05, 4.69) is 10.6 Å². The van der Waals surface area contributed by atoms with Crippen LogP contribution in [0.1, 0.15) is 81.6 Å². The molecule has 2 amide bonds. The molecular formula is C22H44N2O5. The summed E-state index contributed by atoms with van der Waals surface area (Å²) in [6.45, 7) is 17.0. The van der Waals surface area contributed by atoms with Gasteiger partial charge < -0.3 is 25.6 Å². The maximum Gasteiger partial charge on any atom is 0.407 e. The molecule has 0 aromatic heterocycles. The minimum atomic E-state index is -1.31. The summed E-state index contributed by atoms with van der Waals surface area (Å²) in [4.78, 5) is 24.9. The van der Waals surface area contributed by atoms with Crippen LogP contribution in [0.5, 0.6) is 0 Å². The van der Waals surface area contributed by atoms with Crippen LogP contribution in [-0.2, 0) is 9.53 Å². The van der Waals surface area contributed by atoms with E-state index in [1.165, 1.54) is 0 Å². The van der Waals surface area contributed by atoms with Crippen LogP contribution < -0.4 is 10.6 Å². The third-order valence-electron chi connectivity index (χ3n) is 4.86. The molecule has 7 nitrogen and oxygen atoms in total. The lowest BCUT2D eigenvalue weighted by molar-refractivity contribution is -0.135. The van der Waals surface area contributed by atoms with Crippen molar-refractivity contribution in [2.24, 2.45) is 17.8 Å². The first-order valence-electron chi connectivity index (χ1n) is 10.7. The Morgan fingerprint density at radius 1 is 1.03 bits per heavy atom. The van der Waals surface area contributed by atoms with Gasteiger partial charge in [0, 0.05) is 6.54 Å². The van der Waals surface area contributed by atoms with E-state index in [-0.39, 0.29) is 18.2 Å². The van der Waals surface area contributed by atoms with Crippen LogP contribution in [0.4, 0.5) is 4.79 Å².